The van der Waals surface area contributed by atoms with Gasteiger partial charge >= 0.3 is 0 Å². The van der Waals surface area contributed by atoms with Crippen molar-refractivity contribution >= 4 is 11.7 Å². The predicted molar refractivity (Wildman–Crippen MR) is 64.8 cm³/mol. The SMILES string of the molecule is Cc1cccnc1NC(=O)COC1(C)CNC1. The van der Waals surface area contributed by atoms with Crippen molar-refractivity contribution in [2.24, 2.45) is 0 Å². The second kappa shape index (κ2) is 4.81. The molecule has 0 aromatic carbocycles. The van der Waals surface area contributed by atoms with Crippen molar-refractivity contribution in [1.29, 1.82) is 0 Å². The first-order valence-corrected chi connectivity index (χ1v) is 5.65. The molecular weight excluding hydrogens is 218 g/mol. The van der Waals surface area contributed by atoms with Crippen LogP contribution in [0.4, 0.5) is 5.82 Å². The zero-order valence-corrected chi connectivity index (χ0v) is 10.1. The molecule has 5 heteroatoms. The molecule has 1 fully saturated rings. The van der Waals surface area contributed by atoms with Crippen molar-refractivity contribution in [2.75, 3.05) is 25.0 Å². The van der Waals surface area contributed by atoms with Crippen molar-refractivity contribution in [2.45, 2.75) is 19.4 Å². The van der Waals surface area contributed by atoms with Crippen LogP contribution in [0.1, 0.15) is 12.5 Å². The largest absolute Gasteiger partial charge is 0.363 e. The van der Waals surface area contributed by atoms with E-state index in [9.17, 15) is 4.79 Å². The molecule has 1 saturated heterocycles. The van der Waals surface area contributed by atoms with Crippen molar-refractivity contribution in [1.82, 2.24) is 10.3 Å². The minimum atomic E-state index is -0.198. The number of carbonyl (C=O) groups excluding carboxylic acids is 1. The summed E-state index contributed by atoms with van der Waals surface area (Å²) in [5.41, 5.74) is 0.744. The molecule has 1 aliphatic rings. The van der Waals surface area contributed by atoms with Crippen LogP contribution < -0.4 is 10.6 Å². The molecule has 1 aliphatic heterocycles. The van der Waals surface area contributed by atoms with Gasteiger partial charge in [-0.2, -0.15) is 0 Å². The lowest BCUT2D eigenvalue weighted by Gasteiger charge is -2.38. The molecule has 0 spiro atoms. The number of ether oxygens (including phenoxy) is 1. The Balaban J connectivity index is 1.83. The number of hydrogen-bond donors (Lipinski definition) is 2. The molecule has 2 N–H and O–H groups in total. The molecule has 1 aromatic heterocycles. The van der Waals surface area contributed by atoms with Gasteiger partial charge in [0.05, 0.1) is 5.60 Å². The summed E-state index contributed by atoms with van der Waals surface area (Å²) in [6, 6.07) is 3.74. The summed E-state index contributed by atoms with van der Waals surface area (Å²) in [4.78, 5) is 15.8. The summed E-state index contributed by atoms with van der Waals surface area (Å²) < 4.78 is 5.54. The molecule has 5 nitrogen and oxygen atoms in total. The van der Waals surface area contributed by atoms with Crippen molar-refractivity contribution < 1.29 is 9.53 Å². The summed E-state index contributed by atoms with van der Waals surface area (Å²) in [6.45, 7) is 5.55. The van der Waals surface area contributed by atoms with Crippen LogP contribution in [0, 0.1) is 6.92 Å². The highest BCUT2D eigenvalue weighted by Crippen LogP contribution is 2.15. The first-order chi connectivity index (χ1) is 8.09. The average Bonchev–Trinajstić information content (AvgIpc) is 2.27. The molecule has 0 radical (unpaired) electrons. The molecule has 2 rings (SSSR count). The third kappa shape index (κ3) is 3.01. The molecule has 17 heavy (non-hydrogen) atoms. The number of carbonyl (C=O) groups is 1. The summed E-state index contributed by atoms with van der Waals surface area (Å²) in [6.07, 6.45) is 1.65. The average molecular weight is 235 g/mol. The first kappa shape index (κ1) is 12.0. The smallest absolute Gasteiger partial charge is 0.251 e. The minimum absolute atomic E-state index is 0.0637. The summed E-state index contributed by atoms with van der Waals surface area (Å²) in [5.74, 6) is 0.429. The van der Waals surface area contributed by atoms with E-state index in [0.29, 0.717) is 5.82 Å². The van der Waals surface area contributed by atoms with Crippen LogP contribution in [0.25, 0.3) is 0 Å². The van der Waals surface area contributed by atoms with Gasteiger partial charge in [-0.05, 0) is 25.5 Å². The maximum Gasteiger partial charge on any atom is 0.251 e. The van der Waals surface area contributed by atoms with Gasteiger partial charge in [-0.25, -0.2) is 4.98 Å². The lowest BCUT2D eigenvalue weighted by atomic mass is 10.0. The van der Waals surface area contributed by atoms with E-state index in [-0.39, 0.29) is 18.1 Å². The van der Waals surface area contributed by atoms with Crippen LogP contribution in [-0.2, 0) is 9.53 Å². The number of amides is 1. The van der Waals surface area contributed by atoms with E-state index in [1.807, 2.05) is 26.0 Å². The quantitative estimate of drug-likeness (QED) is 0.806. The number of nitrogens with one attached hydrogen (secondary N) is 2. The molecule has 0 bridgehead atoms. The fraction of sp³-hybridized carbons (Fsp3) is 0.500. The van der Waals surface area contributed by atoms with Gasteiger partial charge in [0.2, 0.25) is 0 Å². The van der Waals surface area contributed by atoms with Crippen molar-refractivity contribution in [3.63, 3.8) is 0 Å². The number of aromatic nitrogens is 1. The Morgan fingerprint density at radius 1 is 1.65 bits per heavy atom. The lowest BCUT2D eigenvalue weighted by Crippen LogP contribution is -2.59. The zero-order chi connectivity index (χ0) is 12.3. The second-order valence-corrected chi connectivity index (χ2v) is 4.56. The number of nitrogens with zero attached hydrogens (tertiary/aromatic N) is 1. The number of hydrogen-bond acceptors (Lipinski definition) is 4. The first-order valence-electron chi connectivity index (χ1n) is 5.65. The van der Waals surface area contributed by atoms with E-state index in [0.717, 1.165) is 18.7 Å². The third-order valence-electron chi connectivity index (χ3n) is 2.82. The summed E-state index contributed by atoms with van der Waals surface area (Å²) in [7, 11) is 0. The Labute approximate surface area is 101 Å². The van der Waals surface area contributed by atoms with E-state index >= 15 is 0 Å². The Bertz CT molecular complexity index is 416. The van der Waals surface area contributed by atoms with E-state index < -0.39 is 0 Å². The predicted octanol–water partition coefficient (Wildman–Crippen LogP) is 0.707. The van der Waals surface area contributed by atoms with Crippen LogP contribution in [0.5, 0.6) is 0 Å². The van der Waals surface area contributed by atoms with E-state index in [4.69, 9.17) is 4.74 Å². The van der Waals surface area contributed by atoms with Gasteiger partial charge in [-0.3, -0.25) is 4.79 Å². The molecule has 1 aromatic rings. The molecular formula is C12H17N3O2. The number of aryl methyl sites for hydroxylation is 1. The Kier molecular flexibility index (Phi) is 3.40. The van der Waals surface area contributed by atoms with Gasteiger partial charge in [-0.1, -0.05) is 6.07 Å². The third-order valence-corrected chi connectivity index (χ3v) is 2.82. The standard InChI is InChI=1S/C12H17N3O2/c1-9-4-3-5-14-11(9)15-10(16)6-17-12(2)7-13-8-12/h3-5,13H,6-8H2,1-2H3,(H,14,15,16). The number of rotatable bonds is 4. The Morgan fingerprint density at radius 2 is 2.41 bits per heavy atom. The Morgan fingerprint density at radius 3 is 3.00 bits per heavy atom. The van der Waals surface area contributed by atoms with Crippen LogP contribution in [0.3, 0.4) is 0 Å². The highest BCUT2D eigenvalue weighted by atomic mass is 16.5. The van der Waals surface area contributed by atoms with Gasteiger partial charge in [0.25, 0.3) is 5.91 Å². The molecule has 0 atom stereocenters. The number of anilines is 1. The van der Waals surface area contributed by atoms with Gasteiger partial charge in [-0.15, -0.1) is 0 Å². The van der Waals surface area contributed by atoms with Crippen LogP contribution in [0.15, 0.2) is 18.3 Å². The fourth-order valence-electron chi connectivity index (χ4n) is 1.60. The lowest BCUT2D eigenvalue weighted by molar-refractivity contribution is -0.130. The minimum Gasteiger partial charge on any atom is -0.363 e. The van der Waals surface area contributed by atoms with E-state index in [1.54, 1.807) is 6.20 Å². The number of pyridine rings is 1. The normalized spacial score (nSPS) is 17.3. The fourth-order valence-corrected chi connectivity index (χ4v) is 1.60. The Hall–Kier alpha value is -1.46. The summed E-state index contributed by atoms with van der Waals surface area (Å²) >= 11 is 0. The highest BCUT2D eigenvalue weighted by molar-refractivity contribution is 5.91. The topological polar surface area (TPSA) is 63.2 Å². The highest BCUT2D eigenvalue weighted by Gasteiger charge is 2.33. The van der Waals surface area contributed by atoms with Gasteiger partial charge in [0, 0.05) is 19.3 Å². The van der Waals surface area contributed by atoms with Crippen LogP contribution in [0.2, 0.25) is 0 Å². The molecule has 1 amide bonds. The molecule has 0 aliphatic carbocycles. The second-order valence-electron chi connectivity index (χ2n) is 4.56. The van der Waals surface area contributed by atoms with Gasteiger partial charge < -0.3 is 15.4 Å². The molecule has 92 valence electrons. The monoisotopic (exact) mass is 235 g/mol. The van der Waals surface area contributed by atoms with Gasteiger partial charge in [0.15, 0.2) is 0 Å². The van der Waals surface area contributed by atoms with E-state index in [1.165, 1.54) is 0 Å². The summed E-state index contributed by atoms with van der Waals surface area (Å²) in [5, 5.41) is 5.85. The van der Waals surface area contributed by atoms with Crippen LogP contribution in [-0.4, -0.2) is 36.2 Å². The maximum absolute atomic E-state index is 11.7. The van der Waals surface area contributed by atoms with E-state index in [2.05, 4.69) is 15.6 Å². The molecule has 0 unspecified atom stereocenters. The van der Waals surface area contributed by atoms with Crippen molar-refractivity contribution in [3.8, 4) is 0 Å². The molecule has 2 heterocycles. The maximum atomic E-state index is 11.7. The zero-order valence-electron chi connectivity index (χ0n) is 10.1. The van der Waals surface area contributed by atoms with Gasteiger partial charge in [0.1, 0.15) is 12.4 Å². The molecule has 0 saturated carbocycles. The van der Waals surface area contributed by atoms with Crippen molar-refractivity contribution in [3.05, 3.63) is 23.9 Å². The van der Waals surface area contributed by atoms with Crippen LogP contribution >= 0.6 is 0 Å².